The van der Waals surface area contributed by atoms with Crippen molar-refractivity contribution in [2.45, 2.75) is 11.1 Å². The lowest BCUT2D eigenvalue weighted by Gasteiger charge is -2.24. The first kappa shape index (κ1) is 25.2. The summed E-state index contributed by atoms with van der Waals surface area (Å²) in [4.78, 5) is 29.3. The van der Waals surface area contributed by atoms with Gasteiger partial charge in [0.1, 0.15) is 6.54 Å². The average molecular weight is 512 g/mol. The fraction of sp³-hybridized carbons (Fsp3) is 0.136. The van der Waals surface area contributed by atoms with Gasteiger partial charge < -0.3 is 5.73 Å². The van der Waals surface area contributed by atoms with Crippen LogP contribution in [-0.2, 0) is 20.8 Å². The van der Waals surface area contributed by atoms with E-state index in [1.165, 1.54) is 18.5 Å². The highest BCUT2D eigenvalue weighted by molar-refractivity contribution is 7.90. The quantitative estimate of drug-likeness (QED) is 0.538. The Morgan fingerprint density at radius 2 is 1.76 bits per heavy atom. The Morgan fingerprint density at radius 1 is 1.09 bits per heavy atom. The number of anilines is 1. The Labute approximate surface area is 197 Å². The molecule has 0 saturated heterocycles. The summed E-state index contributed by atoms with van der Waals surface area (Å²) >= 11 is 6.27. The number of aromatic nitrogens is 1. The molecule has 2 N–H and O–H groups in total. The van der Waals surface area contributed by atoms with Crippen molar-refractivity contribution in [3.63, 3.8) is 0 Å². The molecule has 0 spiro atoms. The normalized spacial score (nSPS) is 11.8. The summed E-state index contributed by atoms with van der Waals surface area (Å²) in [5.41, 5.74) is 4.22. The second kappa shape index (κ2) is 9.43. The molecule has 3 aromatic rings. The SMILES string of the molecule is CS(=O)(=O)c1cc(C(=O)N(CC(N)=O)c2cnccc2-c2ccccc2Cl)cc(C(F)(F)F)c1. The van der Waals surface area contributed by atoms with Crippen LogP contribution in [0.25, 0.3) is 11.1 Å². The summed E-state index contributed by atoms with van der Waals surface area (Å²) in [7, 11) is -4.10. The number of amides is 2. The molecule has 0 bridgehead atoms. The number of halogens is 4. The summed E-state index contributed by atoms with van der Waals surface area (Å²) < 4.78 is 64.3. The standard InChI is InChI=1S/C22H17ClF3N3O4S/c1-34(32,33)15-9-13(8-14(10-15)22(24,25)26)21(31)29(12-20(27)30)19-11-28-7-6-17(19)16-4-2-3-5-18(16)23/h2-11H,12H2,1H3,(H2,27,30). The minimum absolute atomic E-state index is 0.0396. The topological polar surface area (TPSA) is 110 Å². The van der Waals surface area contributed by atoms with E-state index in [1.54, 1.807) is 24.3 Å². The lowest BCUT2D eigenvalue weighted by Crippen LogP contribution is -2.39. The molecular weight excluding hydrogens is 495 g/mol. The zero-order valence-corrected chi connectivity index (χ0v) is 19.1. The second-order valence-corrected chi connectivity index (χ2v) is 9.67. The maximum atomic E-state index is 13.4. The number of carbonyl (C=O) groups excluding carboxylic acids is 2. The van der Waals surface area contributed by atoms with Crippen LogP contribution in [0.4, 0.5) is 18.9 Å². The van der Waals surface area contributed by atoms with Crippen molar-refractivity contribution < 1.29 is 31.2 Å². The van der Waals surface area contributed by atoms with E-state index < -0.39 is 50.4 Å². The zero-order valence-electron chi connectivity index (χ0n) is 17.5. The van der Waals surface area contributed by atoms with Gasteiger partial charge >= 0.3 is 6.18 Å². The molecule has 0 saturated carbocycles. The minimum Gasteiger partial charge on any atom is -0.368 e. The number of alkyl halides is 3. The van der Waals surface area contributed by atoms with Crippen LogP contribution in [-0.4, -0.2) is 38.0 Å². The van der Waals surface area contributed by atoms with Crippen LogP contribution in [0.2, 0.25) is 5.02 Å². The van der Waals surface area contributed by atoms with E-state index in [1.807, 2.05) is 0 Å². The lowest BCUT2D eigenvalue weighted by molar-refractivity contribution is -0.137. The van der Waals surface area contributed by atoms with Gasteiger partial charge in [-0.2, -0.15) is 13.2 Å². The van der Waals surface area contributed by atoms with Crippen molar-refractivity contribution in [1.29, 1.82) is 0 Å². The Hall–Kier alpha value is -3.44. The Balaban J connectivity index is 2.23. The zero-order chi connectivity index (χ0) is 25.3. The molecule has 1 heterocycles. The van der Waals surface area contributed by atoms with Gasteiger partial charge in [-0.3, -0.25) is 19.5 Å². The van der Waals surface area contributed by atoms with Crippen LogP contribution < -0.4 is 10.6 Å². The highest BCUT2D eigenvalue weighted by Crippen LogP contribution is 2.36. The van der Waals surface area contributed by atoms with Crippen LogP contribution >= 0.6 is 11.6 Å². The van der Waals surface area contributed by atoms with Gasteiger partial charge in [-0.05, 0) is 30.3 Å². The van der Waals surface area contributed by atoms with Crippen molar-refractivity contribution in [2.24, 2.45) is 5.73 Å². The van der Waals surface area contributed by atoms with Crippen molar-refractivity contribution in [3.8, 4) is 11.1 Å². The van der Waals surface area contributed by atoms with E-state index in [4.69, 9.17) is 17.3 Å². The van der Waals surface area contributed by atoms with Gasteiger partial charge in [-0.1, -0.05) is 29.8 Å². The van der Waals surface area contributed by atoms with Gasteiger partial charge in [0.25, 0.3) is 5.91 Å². The number of nitrogens with two attached hydrogens (primary N) is 1. The van der Waals surface area contributed by atoms with E-state index in [9.17, 15) is 31.2 Å². The van der Waals surface area contributed by atoms with Crippen LogP contribution in [0.3, 0.4) is 0 Å². The molecule has 7 nitrogen and oxygen atoms in total. The average Bonchev–Trinajstić information content (AvgIpc) is 2.76. The largest absolute Gasteiger partial charge is 0.416 e. The Kier molecular flexibility index (Phi) is 6.99. The highest BCUT2D eigenvalue weighted by atomic mass is 35.5. The van der Waals surface area contributed by atoms with E-state index in [-0.39, 0.29) is 5.69 Å². The second-order valence-electron chi connectivity index (χ2n) is 7.25. The Bertz CT molecular complexity index is 1380. The van der Waals surface area contributed by atoms with E-state index in [0.29, 0.717) is 34.5 Å². The molecule has 0 aliphatic carbocycles. The third-order valence-electron chi connectivity index (χ3n) is 4.72. The first-order valence-electron chi connectivity index (χ1n) is 9.50. The molecule has 0 aliphatic heterocycles. The molecule has 34 heavy (non-hydrogen) atoms. The molecule has 2 amide bonds. The first-order valence-corrected chi connectivity index (χ1v) is 11.8. The minimum atomic E-state index is -4.93. The first-order chi connectivity index (χ1) is 15.8. The smallest absolute Gasteiger partial charge is 0.368 e. The monoisotopic (exact) mass is 511 g/mol. The van der Waals surface area contributed by atoms with Crippen LogP contribution in [0.15, 0.2) is 65.8 Å². The molecule has 0 aliphatic rings. The summed E-state index contributed by atoms with van der Waals surface area (Å²) in [5.74, 6) is -2.05. The van der Waals surface area contributed by atoms with E-state index >= 15 is 0 Å². The maximum Gasteiger partial charge on any atom is 0.416 e. The predicted molar refractivity (Wildman–Crippen MR) is 120 cm³/mol. The Morgan fingerprint density at radius 3 is 2.35 bits per heavy atom. The summed E-state index contributed by atoms with van der Waals surface area (Å²) in [6.07, 6.45) is -1.58. The van der Waals surface area contributed by atoms with Gasteiger partial charge in [0.2, 0.25) is 5.91 Å². The van der Waals surface area contributed by atoms with Crippen molar-refractivity contribution in [1.82, 2.24) is 4.98 Å². The number of benzene rings is 2. The van der Waals surface area contributed by atoms with Crippen molar-refractivity contribution >= 4 is 38.9 Å². The number of nitrogens with zero attached hydrogens (tertiary/aromatic N) is 2. The predicted octanol–water partition coefficient (Wildman–Crippen LogP) is 3.96. The fourth-order valence-corrected chi connectivity index (χ4v) is 4.11. The number of hydrogen-bond donors (Lipinski definition) is 1. The van der Waals surface area contributed by atoms with Gasteiger partial charge in [-0.25, -0.2) is 8.42 Å². The number of hydrogen-bond acceptors (Lipinski definition) is 5. The molecule has 0 unspecified atom stereocenters. The third-order valence-corrected chi connectivity index (χ3v) is 6.14. The molecule has 12 heteroatoms. The number of primary amides is 1. The van der Waals surface area contributed by atoms with Gasteiger partial charge in [0.15, 0.2) is 9.84 Å². The molecule has 1 aromatic heterocycles. The van der Waals surface area contributed by atoms with Crippen LogP contribution in [0.5, 0.6) is 0 Å². The molecule has 178 valence electrons. The van der Waals surface area contributed by atoms with Gasteiger partial charge in [0, 0.05) is 34.2 Å². The number of sulfone groups is 1. The lowest BCUT2D eigenvalue weighted by atomic mass is 10.0. The number of carbonyl (C=O) groups is 2. The maximum absolute atomic E-state index is 13.4. The van der Waals surface area contributed by atoms with Gasteiger partial charge in [0.05, 0.1) is 22.3 Å². The van der Waals surface area contributed by atoms with Crippen LogP contribution in [0.1, 0.15) is 15.9 Å². The summed E-state index contributed by atoms with van der Waals surface area (Å²) in [6, 6.07) is 9.84. The fourth-order valence-electron chi connectivity index (χ4n) is 3.19. The van der Waals surface area contributed by atoms with E-state index in [0.717, 1.165) is 11.0 Å². The summed E-state index contributed by atoms with van der Waals surface area (Å²) in [6.45, 7) is -0.716. The van der Waals surface area contributed by atoms with Crippen LogP contribution in [0, 0.1) is 0 Å². The van der Waals surface area contributed by atoms with Crippen molar-refractivity contribution in [3.05, 3.63) is 77.1 Å². The van der Waals surface area contributed by atoms with Crippen molar-refractivity contribution in [2.75, 3.05) is 17.7 Å². The van der Waals surface area contributed by atoms with Gasteiger partial charge in [-0.15, -0.1) is 0 Å². The molecule has 3 rings (SSSR count). The highest BCUT2D eigenvalue weighted by Gasteiger charge is 2.34. The summed E-state index contributed by atoms with van der Waals surface area (Å²) in [5, 5.41) is 0.305. The third kappa shape index (κ3) is 5.54. The molecular formula is C22H17ClF3N3O4S. The number of pyridine rings is 1. The molecule has 0 radical (unpaired) electrons. The molecule has 0 atom stereocenters. The molecule has 0 fully saturated rings. The molecule has 2 aromatic carbocycles. The number of rotatable bonds is 6. The van der Waals surface area contributed by atoms with E-state index in [2.05, 4.69) is 4.98 Å².